The Morgan fingerprint density at radius 2 is 2.00 bits per heavy atom. The normalized spacial score (nSPS) is 13.7. The maximum Gasteiger partial charge on any atom is 0.180 e. The lowest BCUT2D eigenvalue weighted by molar-refractivity contribution is 0.0990. The molecule has 1 heterocycles. The highest BCUT2D eigenvalue weighted by molar-refractivity contribution is 6.33. The molecule has 0 spiro atoms. The summed E-state index contributed by atoms with van der Waals surface area (Å²) >= 11 is 6.19. The zero-order chi connectivity index (χ0) is 14.0. The Morgan fingerprint density at radius 3 is 2.58 bits per heavy atom. The van der Waals surface area contributed by atoms with E-state index in [1.807, 2.05) is 13.8 Å². The van der Waals surface area contributed by atoms with Gasteiger partial charge in [0.25, 0.3) is 0 Å². The molecule has 0 bridgehead atoms. The first-order chi connectivity index (χ1) is 9.06. The molecule has 0 atom stereocenters. The highest BCUT2D eigenvalue weighted by atomic mass is 35.5. The van der Waals surface area contributed by atoms with E-state index in [4.69, 9.17) is 21.1 Å². The third kappa shape index (κ3) is 2.69. The summed E-state index contributed by atoms with van der Waals surface area (Å²) in [5.74, 6) is 1.33. The van der Waals surface area contributed by atoms with Crippen molar-refractivity contribution in [2.75, 3.05) is 26.8 Å². The number of fused-ring (bicyclic) bond motifs is 1. The number of carbonyl (C=O) groups excluding carboxylic acids is 1. The molecule has 0 unspecified atom stereocenters. The molecule has 0 amide bonds. The number of carbonyl (C=O) groups is 1. The molecule has 1 N–H and O–H groups in total. The summed E-state index contributed by atoms with van der Waals surface area (Å²) < 4.78 is 11.2. The maximum absolute atomic E-state index is 12.2. The van der Waals surface area contributed by atoms with Crippen molar-refractivity contribution < 1.29 is 14.3 Å². The van der Waals surface area contributed by atoms with Crippen molar-refractivity contribution in [3.05, 3.63) is 22.2 Å². The number of ketones is 1. The van der Waals surface area contributed by atoms with Crippen LogP contribution in [0.25, 0.3) is 0 Å². The van der Waals surface area contributed by atoms with Crippen molar-refractivity contribution in [2.45, 2.75) is 19.8 Å². The van der Waals surface area contributed by atoms with Gasteiger partial charge in [0.05, 0.1) is 11.6 Å². The van der Waals surface area contributed by atoms with E-state index in [1.165, 1.54) is 0 Å². The summed E-state index contributed by atoms with van der Waals surface area (Å²) in [6.07, 6.45) is 0. The highest BCUT2D eigenvalue weighted by Crippen LogP contribution is 2.44. The van der Waals surface area contributed by atoms with Gasteiger partial charge in [-0.05, 0) is 19.0 Å². The van der Waals surface area contributed by atoms with Crippen molar-refractivity contribution in [1.29, 1.82) is 0 Å². The summed E-state index contributed by atoms with van der Waals surface area (Å²) in [5, 5.41) is 3.30. The number of ether oxygens (including phenoxy) is 2. The molecule has 0 fully saturated rings. The minimum absolute atomic E-state index is 0.00470. The van der Waals surface area contributed by atoms with Crippen LogP contribution in [0.15, 0.2) is 6.07 Å². The van der Waals surface area contributed by atoms with Gasteiger partial charge in [-0.1, -0.05) is 25.4 Å². The molecule has 5 heteroatoms. The lowest BCUT2D eigenvalue weighted by Crippen LogP contribution is -2.23. The van der Waals surface area contributed by atoms with Gasteiger partial charge in [0.2, 0.25) is 0 Å². The van der Waals surface area contributed by atoms with Gasteiger partial charge in [-0.25, -0.2) is 0 Å². The van der Waals surface area contributed by atoms with E-state index in [9.17, 15) is 4.79 Å². The minimum Gasteiger partial charge on any atom is -0.486 e. The summed E-state index contributed by atoms with van der Waals surface area (Å²) in [6.45, 7) is 5.28. The number of benzene rings is 1. The zero-order valence-electron chi connectivity index (χ0n) is 11.4. The second-order valence-corrected chi connectivity index (χ2v) is 5.19. The Hall–Kier alpha value is -1.26. The molecule has 19 heavy (non-hydrogen) atoms. The van der Waals surface area contributed by atoms with Crippen LogP contribution < -0.4 is 14.8 Å². The number of hydrogen-bond acceptors (Lipinski definition) is 4. The zero-order valence-corrected chi connectivity index (χ0v) is 12.1. The third-order valence-corrected chi connectivity index (χ3v) is 3.30. The minimum atomic E-state index is 0.00470. The Labute approximate surface area is 118 Å². The van der Waals surface area contributed by atoms with Gasteiger partial charge >= 0.3 is 0 Å². The standard InChI is InChI=1S/C14H18ClNO3/c1-8(2)12-9(11(17)7-16-3)6-10(15)13-14(12)19-5-4-18-13/h6,8,16H,4-5,7H2,1-3H3. The van der Waals surface area contributed by atoms with Crippen LogP contribution in [0.3, 0.4) is 0 Å². The number of halogens is 1. The monoisotopic (exact) mass is 283 g/mol. The SMILES string of the molecule is CNCC(=O)c1cc(Cl)c2c(c1C(C)C)OCCO2. The highest BCUT2D eigenvalue weighted by Gasteiger charge is 2.26. The molecular weight excluding hydrogens is 266 g/mol. The third-order valence-electron chi connectivity index (χ3n) is 3.02. The lowest BCUT2D eigenvalue weighted by atomic mass is 9.92. The van der Waals surface area contributed by atoms with Gasteiger partial charge in [0, 0.05) is 11.1 Å². The number of nitrogens with one attached hydrogen (secondary N) is 1. The van der Waals surface area contributed by atoms with Crippen LogP contribution in [-0.2, 0) is 0 Å². The second kappa shape index (κ2) is 5.80. The molecular formula is C14H18ClNO3. The first-order valence-electron chi connectivity index (χ1n) is 6.36. The molecule has 0 saturated carbocycles. The fourth-order valence-electron chi connectivity index (χ4n) is 2.25. The molecule has 104 valence electrons. The van der Waals surface area contributed by atoms with E-state index in [0.717, 1.165) is 5.56 Å². The van der Waals surface area contributed by atoms with Crippen LogP contribution in [-0.4, -0.2) is 32.6 Å². The maximum atomic E-state index is 12.2. The first kappa shape index (κ1) is 14.2. The summed E-state index contributed by atoms with van der Waals surface area (Å²) in [6, 6.07) is 1.68. The van der Waals surface area contributed by atoms with Crippen LogP contribution in [0.5, 0.6) is 11.5 Å². The molecule has 1 aliphatic rings. The second-order valence-electron chi connectivity index (χ2n) is 4.78. The predicted molar refractivity (Wildman–Crippen MR) is 74.8 cm³/mol. The largest absolute Gasteiger partial charge is 0.486 e. The fraction of sp³-hybridized carbons (Fsp3) is 0.500. The predicted octanol–water partition coefficient (Wildman–Crippen LogP) is 2.64. The summed E-state index contributed by atoms with van der Waals surface area (Å²) in [7, 11) is 1.74. The van der Waals surface area contributed by atoms with Gasteiger partial charge in [-0.2, -0.15) is 0 Å². The van der Waals surface area contributed by atoms with Crippen molar-refractivity contribution >= 4 is 17.4 Å². The average Bonchev–Trinajstić information content (AvgIpc) is 2.38. The van der Waals surface area contributed by atoms with Gasteiger partial charge < -0.3 is 14.8 Å². The number of likely N-dealkylation sites (N-methyl/N-ethyl adjacent to an activating group) is 1. The van der Waals surface area contributed by atoms with Gasteiger partial charge in [0.15, 0.2) is 17.3 Å². The Balaban J connectivity index is 2.60. The van der Waals surface area contributed by atoms with E-state index in [2.05, 4.69) is 5.32 Å². The smallest absolute Gasteiger partial charge is 0.180 e. The van der Waals surface area contributed by atoms with Crippen LogP contribution >= 0.6 is 11.6 Å². The molecule has 1 aliphatic heterocycles. The average molecular weight is 284 g/mol. The topological polar surface area (TPSA) is 47.6 Å². The molecule has 2 rings (SSSR count). The first-order valence-corrected chi connectivity index (χ1v) is 6.73. The van der Waals surface area contributed by atoms with E-state index < -0.39 is 0 Å². The Bertz CT molecular complexity index is 500. The van der Waals surface area contributed by atoms with Crippen molar-refractivity contribution in [3.63, 3.8) is 0 Å². The van der Waals surface area contributed by atoms with Crippen molar-refractivity contribution in [2.24, 2.45) is 0 Å². The van der Waals surface area contributed by atoms with Crippen molar-refractivity contribution in [1.82, 2.24) is 5.32 Å². The molecule has 1 aromatic rings. The van der Waals surface area contributed by atoms with E-state index in [1.54, 1.807) is 13.1 Å². The molecule has 4 nitrogen and oxygen atoms in total. The van der Waals surface area contributed by atoms with E-state index in [-0.39, 0.29) is 18.2 Å². The van der Waals surface area contributed by atoms with Crippen LogP contribution in [0.4, 0.5) is 0 Å². The lowest BCUT2D eigenvalue weighted by Gasteiger charge is -2.25. The van der Waals surface area contributed by atoms with Crippen LogP contribution in [0.1, 0.15) is 35.7 Å². The number of Topliss-reactive ketones (excluding diaryl/α,β-unsaturated/α-hetero) is 1. The summed E-state index contributed by atoms with van der Waals surface area (Å²) in [5.41, 5.74) is 1.48. The van der Waals surface area contributed by atoms with Gasteiger partial charge in [-0.15, -0.1) is 0 Å². The van der Waals surface area contributed by atoms with Crippen LogP contribution in [0, 0.1) is 0 Å². The molecule has 0 aromatic heterocycles. The number of rotatable bonds is 4. The van der Waals surface area contributed by atoms with Gasteiger partial charge in [-0.3, -0.25) is 4.79 Å². The van der Waals surface area contributed by atoms with Crippen molar-refractivity contribution in [3.8, 4) is 11.5 Å². The van der Waals surface area contributed by atoms with Crippen LogP contribution in [0.2, 0.25) is 5.02 Å². The molecule has 1 aromatic carbocycles. The Morgan fingerprint density at radius 1 is 1.37 bits per heavy atom. The van der Waals surface area contributed by atoms with E-state index >= 15 is 0 Å². The molecule has 0 saturated heterocycles. The molecule has 0 radical (unpaired) electrons. The molecule has 0 aliphatic carbocycles. The quantitative estimate of drug-likeness (QED) is 0.863. The number of hydrogen-bond donors (Lipinski definition) is 1. The van der Waals surface area contributed by atoms with E-state index in [0.29, 0.717) is 35.3 Å². The van der Waals surface area contributed by atoms with Gasteiger partial charge in [0.1, 0.15) is 13.2 Å². The Kier molecular flexibility index (Phi) is 4.32. The summed E-state index contributed by atoms with van der Waals surface area (Å²) in [4.78, 5) is 12.2. The fourth-order valence-corrected chi connectivity index (χ4v) is 2.50.